The summed E-state index contributed by atoms with van der Waals surface area (Å²) in [7, 11) is 0. The standard InChI is InChI=1S/C29H37F5O3/c1-4-6-8-20-9-11-21(12-10-20)36-18-29(33,34)37-24-15-13-22(26(30)19(24)3)23-14-16-25(28(32)27(23)31)35-17-7-5-2/h13-16,20-21H,4-12,17-18H2,1-3H3. The van der Waals surface area contributed by atoms with Crippen molar-refractivity contribution in [2.75, 3.05) is 13.2 Å². The molecule has 0 aromatic heterocycles. The average molecular weight is 529 g/mol. The van der Waals surface area contributed by atoms with E-state index in [1.807, 2.05) is 6.92 Å². The third-order valence-electron chi connectivity index (χ3n) is 6.94. The van der Waals surface area contributed by atoms with Crippen LogP contribution in [0.5, 0.6) is 11.5 Å². The molecule has 0 bridgehead atoms. The Bertz CT molecular complexity index is 1020. The van der Waals surface area contributed by atoms with Gasteiger partial charge in [-0.05, 0) is 69.2 Å². The summed E-state index contributed by atoms with van der Waals surface area (Å²) < 4.78 is 88.9. The fraction of sp³-hybridized carbons (Fsp3) is 0.586. The molecule has 3 nitrogen and oxygen atoms in total. The number of benzene rings is 2. The van der Waals surface area contributed by atoms with Gasteiger partial charge in [-0.3, -0.25) is 0 Å². The van der Waals surface area contributed by atoms with Crippen molar-refractivity contribution in [1.82, 2.24) is 0 Å². The molecule has 0 heterocycles. The molecule has 0 N–H and O–H groups in total. The zero-order valence-electron chi connectivity index (χ0n) is 21.9. The summed E-state index contributed by atoms with van der Waals surface area (Å²) >= 11 is 0. The molecule has 1 aliphatic carbocycles. The third kappa shape index (κ3) is 7.82. The Morgan fingerprint density at radius 2 is 1.43 bits per heavy atom. The van der Waals surface area contributed by atoms with E-state index < -0.39 is 35.9 Å². The fourth-order valence-corrected chi connectivity index (χ4v) is 4.65. The Morgan fingerprint density at radius 1 is 0.811 bits per heavy atom. The number of hydrogen-bond acceptors (Lipinski definition) is 3. The van der Waals surface area contributed by atoms with Crippen molar-refractivity contribution in [3.63, 3.8) is 0 Å². The van der Waals surface area contributed by atoms with Crippen molar-refractivity contribution in [3.05, 3.63) is 47.3 Å². The van der Waals surface area contributed by atoms with Crippen molar-refractivity contribution in [1.29, 1.82) is 0 Å². The minimum atomic E-state index is -3.67. The topological polar surface area (TPSA) is 27.7 Å². The quantitative estimate of drug-likeness (QED) is 0.192. The van der Waals surface area contributed by atoms with Crippen molar-refractivity contribution in [3.8, 4) is 22.6 Å². The van der Waals surface area contributed by atoms with Crippen LogP contribution in [0.1, 0.15) is 77.2 Å². The van der Waals surface area contributed by atoms with Gasteiger partial charge in [-0.25, -0.2) is 8.78 Å². The van der Waals surface area contributed by atoms with E-state index in [0.717, 1.165) is 57.1 Å². The molecule has 0 atom stereocenters. The molecule has 1 fully saturated rings. The Kier molecular flexibility index (Phi) is 10.6. The highest BCUT2D eigenvalue weighted by atomic mass is 19.3. The Balaban J connectivity index is 1.64. The predicted octanol–water partition coefficient (Wildman–Crippen LogP) is 9.00. The van der Waals surface area contributed by atoms with Gasteiger partial charge < -0.3 is 14.2 Å². The van der Waals surface area contributed by atoms with Crippen LogP contribution in [-0.2, 0) is 4.74 Å². The largest absolute Gasteiger partial charge is 0.490 e. The van der Waals surface area contributed by atoms with E-state index in [9.17, 15) is 17.6 Å². The van der Waals surface area contributed by atoms with Crippen LogP contribution in [-0.4, -0.2) is 25.4 Å². The first kappa shape index (κ1) is 29.2. The van der Waals surface area contributed by atoms with Gasteiger partial charge >= 0.3 is 6.11 Å². The van der Waals surface area contributed by atoms with Gasteiger partial charge in [0.05, 0.1) is 12.7 Å². The van der Waals surface area contributed by atoms with E-state index in [1.54, 1.807) is 0 Å². The molecule has 0 amide bonds. The van der Waals surface area contributed by atoms with E-state index in [1.165, 1.54) is 25.5 Å². The molecule has 1 saturated carbocycles. The van der Waals surface area contributed by atoms with Gasteiger partial charge in [0.15, 0.2) is 18.2 Å². The molecule has 0 aliphatic heterocycles. The normalized spacial score (nSPS) is 18.2. The molecule has 0 radical (unpaired) electrons. The summed E-state index contributed by atoms with van der Waals surface area (Å²) in [5.74, 6) is -3.50. The number of hydrogen-bond donors (Lipinski definition) is 0. The summed E-state index contributed by atoms with van der Waals surface area (Å²) in [6.45, 7) is 4.62. The van der Waals surface area contributed by atoms with Gasteiger partial charge in [-0.2, -0.15) is 13.2 Å². The SMILES string of the molecule is CCCCOc1ccc(-c2ccc(OC(F)(F)COC3CCC(CCCC)CC3)c(C)c2F)c(F)c1F. The van der Waals surface area contributed by atoms with Crippen LogP contribution in [0.4, 0.5) is 22.0 Å². The number of halogens is 5. The van der Waals surface area contributed by atoms with Crippen LogP contribution in [0.25, 0.3) is 11.1 Å². The third-order valence-corrected chi connectivity index (χ3v) is 6.94. The van der Waals surface area contributed by atoms with Crippen LogP contribution in [0.3, 0.4) is 0 Å². The van der Waals surface area contributed by atoms with Crippen molar-refractivity contribution in [2.45, 2.75) is 90.8 Å². The maximum atomic E-state index is 15.1. The lowest BCUT2D eigenvalue weighted by atomic mass is 9.84. The molecule has 0 spiro atoms. The highest BCUT2D eigenvalue weighted by molar-refractivity contribution is 5.68. The van der Waals surface area contributed by atoms with E-state index >= 15 is 4.39 Å². The van der Waals surface area contributed by atoms with Gasteiger partial charge in [0, 0.05) is 16.7 Å². The summed E-state index contributed by atoms with van der Waals surface area (Å²) in [6, 6.07) is 4.66. The van der Waals surface area contributed by atoms with Crippen LogP contribution >= 0.6 is 0 Å². The van der Waals surface area contributed by atoms with Crippen LogP contribution in [0, 0.1) is 30.3 Å². The maximum Gasteiger partial charge on any atom is 0.421 e. The van der Waals surface area contributed by atoms with Gasteiger partial charge in [-0.15, -0.1) is 0 Å². The van der Waals surface area contributed by atoms with E-state index in [-0.39, 0.29) is 35.2 Å². The molecular weight excluding hydrogens is 491 g/mol. The number of ether oxygens (including phenoxy) is 3. The second-order valence-corrected chi connectivity index (χ2v) is 9.83. The first-order chi connectivity index (χ1) is 17.7. The Morgan fingerprint density at radius 3 is 2.08 bits per heavy atom. The number of rotatable bonds is 13. The van der Waals surface area contributed by atoms with E-state index in [4.69, 9.17) is 14.2 Å². The first-order valence-corrected chi connectivity index (χ1v) is 13.3. The summed E-state index contributed by atoms with van der Waals surface area (Å²) in [4.78, 5) is 0. The minimum absolute atomic E-state index is 0.226. The summed E-state index contributed by atoms with van der Waals surface area (Å²) in [5.41, 5.74) is -0.838. The zero-order valence-corrected chi connectivity index (χ0v) is 21.9. The summed E-state index contributed by atoms with van der Waals surface area (Å²) in [5, 5.41) is 0. The monoisotopic (exact) mass is 528 g/mol. The molecule has 1 aliphatic rings. The highest BCUT2D eigenvalue weighted by Crippen LogP contribution is 2.37. The zero-order chi connectivity index (χ0) is 27.0. The highest BCUT2D eigenvalue weighted by Gasteiger charge is 2.35. The predicted molar refractivity (Wildman–Crippen MR) is 134 cm³/mol. The number of alkyl halides is 2. The smallest absolute Gasteiger partial charge is 0.421 e. The van der Waals surface area contributed by atoms with Crippen molar-refractivity contribution in [2.24, 2.45) is 5.92 Å². The van der Waals surface area contributed by atoms with Crippen LogP contribution in [0.15, 0.2) is 24.3 Å². The Hall–Kier alpha value is -2.35. The molecule has 206 valence electrons. The lowest BCUT2D eigenvalue weighted by molar-refractivity contribution is -0.222. The molecular formula is C29H37F5O3. The summed E-state index contributed by atoms with van der Waals surface area (Å²) in [6.07, 6.45) is 4.46. The molecule has 2 aromatic rings. The molecule has 8 heteroatoms. The lowest BCUT2D eigenvalue weighted by Crippen LogP contribution is -2.34. The van der Waals surface area contributed by atoms with Crippen molar-refractivity contribution >= 4 is 0 Å². The average Bonchev–Trinajstić information content (AvgIpc) is 2.88. The minimum Gasteiger partial charge on any atom is -0.490 e. The Labute approximate surface area is 216 Å². The van der Waals surface area contributed by atoms with Crippen LogP contribution in [0.2, 0.25) is 0 Å². The van der Waals surface area contributed by atoms with E-state index in [2.05, 4.69) is 6.92 Å². The molecule has 0 unspecified atom stereocenters. The van der Waals surface area contributed by atoms with Gasteiger partial charge in [0.25, 0.3) is 0 Å². The molecule has 0 saturated heterocycles. The second kappa shape index (κ2) is 13.4. The van der Waals surface area contributed by atoms with Crippen LogP contribution < -0.4 is 9.47 Å². The second-order valence-electron chi connectivity index (χ2n) is 9.83. The van der Waals surface area contributed by atoms with Gasteiger partial charge in [0.2, 0.25) is 5.82 Å². The van der Waals surface area contributed by atoms with Crippen molar-refractivity contribution < 1.29 is 36.2 Å². The van der Waals surface area contributed by atoms with E-state index in [0.29, 0.717) is 12.3 Å². The van der Waals surface area contributed by atoms with Gasteiger partial charge in [-0.1, -0.05) is 39.5 Å². The molecule has 2 aromatic carbocycles. The fourth-order valence-electron chi connectivity index (χ4n) is 4.65. The molecule has 3 rings (SSSR count). The molecule has 37 heavy (non-hydrogen) atoms. The first-order valence-electron chi connectivity index (χ1n) is 13.3. The number of unbranched alkanes of at least 4 members (excludes halogenated alkanes) is 2. The van der Waals surface area contributed by atoms with Gasteiger partial charge in [0.1, 0.15) is 11.6 Å². The lowest BCUT2D eigenvalue weighted by Gasteiger charge is -2.29. The maximum absolute atomic E-state index is 15.1.